The van der Waals surface area contributed by atoms with Gasteiger partial charge < -0.3 is 4.90 Å². The first-order chi connectivity index (χ1) is 5.81. The molecule has 0 radical (unpaired) electrons. The summed E-state index contributed by atoms with van der Waals surface area (Å²) in [5, 5.41) is 0. The summed E-state index contributed by atoms with van der Waals surface area (Å²) in [6.45, 7) is 4.79. The zero-order chi connectivity index (χ0) is 9.23. The summed E-state index contributed by atoms with van der Waals surface area (Å²) >= 11 is 2.44. The third kappa shape index (κ3) is 8.78. The molecule has 0 aromatic heterocycles. The maximum Gasteiger partial charge on any atom is 0.0123 e. The molecule has 0 unspecified atom stereocenters. The third-order valence-corrected chi connectivity index (χ3v) is 2.59. The molecule has 0 aliphatic heterocycles. The monoisotopic (exact) mass is 283 g/mol. The van der Waals surface area contributed by atoms with Crippen LogP contribution in [0.1, 0.15) is 39.0 Å². The zero-order valence-electron chi connectivity index (χ0n) is 8.48. The molecule has 0 aliphatic rings. The molecule has 0 fully saturated rings. The molecule has 2 heteroatoms. The summed E-state index contributed by atoms with van der Waals surface area (Å²) in [7, 11) is 2.22. The van der Waals surface area contributed by atoms with Crippen molar-refractivity contribution in [2.24, 2.45) is 0 Å². The van der Waals surface area contributed by atoms with E-state index in [-0.39, 0.29) is 0 Å². The zero-order valence-corrected chi connectivity index (χ0v) is 10.6. The second-order valence-electron chi connectivity index (χ2n) is 3.41. The number of hydrogen-bond acceptors (Lipinski definition) is 1. The number of hydrogen-bond donors (Lipinski definition) is 0. The fourth-order valence-electron chi connectivity index (χ4n) is 1.24. The van der Waals surface area contributed by atoms with E-state index in [0.717, 1.165) is 0 Å². The lowest BCUT2D eigenvalue weighted by atomic mass is 10.1. The Morgan fingerprint density at radius 1 is 1.00 bits per heavy atom. The maximum absolute atomic E-state index is 2.44. The highest BCUT2D eigenvalue weighted by molar-refractivity contribution is 14.1. The van der Waals surface area contributed by atoms with Gasteiger partial charge in [-0.3, -0.25) is 0 Å². The lowest BCUT2D eigenvalue weighted by molar-refractivity contribution is 0.345. The molecular weight excluding hydrogens is 261 g/mol. The van der Waals surface area contributed by atoms with E-state index < -0.39 is 0 Å². The molecule has 0 rings (SSSR count). The number of halogens is 1. The fraction of sp³-hybridized carbons (Fsp3) is 1.00. The fourth-order valence-corrected chi connectivity index (χ4v) is 2.06. The van der Waals surface area contributed by atoms with Crippen LogP contribution in [-0.2, 0) is 0 Å². The van der Waals surface area contributed by atoms with Crippen LogP contribution in [-0.4, -0.2) is 29.5 Å². The molecule has 0 saturated heterocycles. The normalized spacial score (nSPS) is 11.0. The van der Waals surface area contributed by atoms with Gasteiger partial charge in [0.2, 0.25) is 0 Å². The van der Waals surface area contributed by atoms with E-state index in [1.165, 1.54) is 49.6 Å². The predicted octanol–water partition coefficient (Wildman–Crippen LogP) is 3.32. The van der Waals surface area contributed by atoms with Gasteiger partial charge in [-0.05, 0) is 20.0 Å². The third-order valence-electron chi connectivity index (χ3n) is 2.11. The topological polar surface area (TPSA) is 3.24 Å². The van der Waals surface area contributed by atoms with E-state index in [0.29, 0.717) is 0 Å². The molecule has 0 bridgehead atoms. The van der Waals surface area contributed by atoms with Crippen LogP contribution in [0.15, 0.2) is 0 Å². The molecule has 0 aromatic carbocycles. The second kappa shape index (κ2) is 9.78. The van der Waals surface area contributed by atoms with Gasteiger partial charge in [0, 0.05) is 11.0 Å². The average Bonchev–Trinajstić information content (AvgIpc) is 2.05. The largest absolute Gasteiger partial charge is 0.306 e. The van der Waals surface area contributed by atoms with Crippen molar-refractivity contribution < 1.29 is 0 Å². The number of rotatable bonds is 8. The summed E-state index contributed by atoms with van der Waals surface area (Å²) in [6.07, 6.45) is 6.99. The molecule has 0 heterocycles. The first kappa shape index (κ1) is 12.7. The van der Waals surface area contributed by atoms with Crippen LogP contribution >= 0.6 is 22.6 Å². The van der Waals surface area contributed by atoms with Crippen LogP contribution in [0.4, 0.5) is 0 Å². The van der Waals surface area contributed by atoms with E-state index in [1.807, 2.05) is 0 Å². The maximum atomic E-state index is 2.44. The molecule has 74 valence electrons. The average molecular weight is 283 g/mol. The molecule has 12 heavy (non-hydrogen) atoms. The van der Waals surface area contributed by atoms with E-state index in [9.17, 15) is 0 Å². The smallest absolute Gasteiger partial charge is 0.0123 e. The summed E-state index contributed by atoms with van der Waals surface area (Å²) in [5.41, 5.74) is 0. The van der Waals surface area contributed by atoms with E-state index in [2.05, 4.69) is 41.5 Å². The summed E-state index contributed by atoms with van der Waals surface area (Å²) in [4.78, 5) is 2.43. The van der Waals surface area contributed by atoms with Crippen molar-refractivity contribution in [1.82, 2.24) is 4.90 Å². The van der Waals surface area contributed by atoms with E-state index >= 15 is 0 Å². The van der Waals surface area contributed by atoms with Crippen molar-refractivity contribution in [3.63, 3.8) is 0 Å². The molecule has 0 spiro atoms. The predicted molar refractivity (Wildman–Crippen MR) is 65.1 cm³/mol. The van der Waals surface area contributed by atoms with Gasteiger partial charge in [-0.1, -0.05) is 55.2 Å². The van der Waals surface area contributed by atoms with Crippen LogP contribution in [0, 0.1) is 0 Å². The Hall–Kier alpha value is 0.690. The van der Waals surface area contributed by atoms with Gasteiger partial charge in [0.25, 0.3) is 0 Å². The highest BCUT2D eigenvalue weighted by atomic mass is 127. The van der Waals surface area contributed by atoms with Gasteiger partial charge in [0.15, 0.2) is 0 Å². The van der Waals surface area contributed by atoms with Gasteiger partial charge in [0.1, 0.15) is 0 Å². The summed E-state index contributed by atoms with van der Waals surface area (Å²) < 4.78 is 1.25. The van der Waals surface area contributed by atoms with Crippen LogP contribution in [0.2, 0.25) is 0 Å². The highest BCUT2D eigenvalue weighted by Gasteiger charge is 1.95. The molecule has 0 atom stereocenters. The molecule has 0 amide bonds. The van der Waals surface area contributed by atoms with Crippen LogP contribution < -0.4 is 0 Å². The number of nitrogens with zero attached hydrogens (tertiary/aromatic N) is 1. The molecule has 0 saturated carbocycles. The number of unbranched alkanes of at least 4 members (excludes halogenated alkanes) is 4. The molecule has 0 aliphatic carbocycles. The van der Waals surface area contributed by atoms with E-state index in [1.54, 1.807) is 0 Å². The van der Waals surface area contributed by atoms with Crippen molar-refractivity contribution in [1.29, 1.82) is 0 Å². The minimum Gasteiger partial charge on any atom is -0.306 e. The van der Waals surface area contributed by atoms with Crippen molar-refractivity contribution in [3.05, 3.63) is 0 Å². The van der Waals surface area contributed by atoms with Crippen molar-refractivity contribution >= 4 is 22.6 Å². The summed E-state index contributed by atoms with van der Waals surface area (Å²) in [5.74, 6) is 0. The highest BCUT2D eigenvalue weighted by Crippen LogP contribution is 2.03. The number of alkyl halides is 1. The van der Waals surface area contributed by atoms with E-state index in [4.69, 9.17) is 0 Å². The minimum absolute atomic E-state index is 1.24. The van der Waals surface area contributed by atoms with Gasteiger partial charge >= 0.3 is 0 Å². The Morgan fingerprint density at radius 2 is 1.67 bits per heavy atom. The van der Waals surface area contributed by atoms with Gasteiger partial charge in [0.05, 0.1) is 0 Å². The van der Waals surface area contributed by atoms with Crippen LogP contribution in [0.3, 0.4) is 0 Å². The molecule has 0 aromatic rings. The van der Waals surface area contributed by atoms with Crippen LogP contribution in [0.5, 0.6) is 0 Å². The molecular formula is C10H22IN. The van der Waals surface area contributed by atoms with Gasteiger partial charge in [-0.25, -0.2) is 0 Å². The summed E-state index contributed by atoms with van der Waals surface area (Å²) in [6, 6.07) is 0. The lowest BCUT2D eigenvalue weighted by Gasteiger charge is -2.14. The molecule has 0 N–H and O–H groups in total. The quantitative estimate of drug-likeness (QED) is 0.375. The van der Waals surface area contributed by atoms with Crippen molar-refractivity contribution in [2.75, 3.05) is 24.6 Å². The van der Waals surface area contributed by atoms with Crippen LogP contribution in [0.25, 0.3) is 0 Å². The van der Waals surface area contributed by atoms with Gasteiger partial charge in [-0.2, -0.15) is 0 Å². The minimum atomic E-state index is 1.24. The Labute approximate surface area is 91.0 Å². The molecule has 1 nitrogen and oxygen atoms in total. The second-order valence-corrected chi connectivity index (χ2v) is 4.49. The Balaban J connectivity index is 2.97. The van der Waals surface area contributed by atoms with Crippen molar-refractivity contribution in [2.45, 2.75) is 39.0 Å². The lowest BCUT2D eigenvalue weighted by Crippen LogP contribution is -2.21. The Bertz CT molecular complexity index is 85.9. The Morgan fingerprint density at radius 3 is 2.25 bits per heavy atom. The first-order valence-corrected chi connectivity index (χ1v) is 6.58. The van der Waals surface area contributed by atoms with Gasteiger partial charge in [-0.15, -0.1) is 0 Å². The first-order valence-electron chi connectivity index (χ1n) is 5.05. The standard InChI is InChI=1S/C10H22IN/c1-3-4-5-6-7-9-12(2)10-8-11/h3-10H2,1-2H3. The van der Waals surface area contributed by atoms with Crippen molar-refractivity contribution in [3.8, 4) is 0 Å². The Kier molecular flexibility index (Phi) is 10.3. The SMILES string of the molecule is CCCCCCCN(C)CCI.